The minimum absolute atomic E-state index is 0.0239. The number of fused-ring (bicyclic) bond motifs is 1. The van der Waals surface area contributed by atoms with Gasteiger partial charge in [-0.25, -0.2) is 0 Å². The fraction of sp³-hybridized carbons (Fsp3) is 0.400. The molecule has 1 aliphatic rings. The number of carbonyl (C=O) groups excluding carboxylic acids is 1. The second kappa shape index (κ2) is 6.75. The zero-order valence-electron chi connectivity index (χ0n) is 14.6. The molecule has 1 atom stereocenters. The van der Waals surface area contributed by atoms with Crippen molar-refractivity contribution in [3.8, 4) is 5.75 Å². The molecule has 1 unspecified atom stereocenters. The van der Waals surface area contributed by atoms with Gasteiger partial charge >= 0.3 is 5.97 Å². The first-order chi connectivity index (χ1) is 11.9. The zero-order chi connectivity index (χ0) is 18.0. The van der Waals surface area contributed by atoms with Crippen LogP contribution in [0.5, 0.6) is 5.75 Å². The molecular weight excluding hydrogens is 318 g/mol. The van der Waals surface area contributed by atoms with E-state index in [4.69, 9.17) is 4.74 Å². The van der Waals surface area contributed by atoms with Gasteiger partial charge in [0.2, 0.25) is 0 Å². The predicted octanol–water partition coefficient (Wildman–Crippen LogP) is 3.18. The zero-order valence-corrected chi connectivity index (χ0v) is 14.6. The topological polar surface area (TPSA) is 66.8 Å². The minimum atomic E-state index is -0.849. The monoisotopic (exact) mass is 341 g/mol. The summed E-state index contributed by atoms with van der Waals surface area (Å²) in [7, 11) is 0. The lowest BCUT2D eigenvalue weighted by Gasteiger charge is -2.28. The number of carbonyl (C=O) groups is 2. The summed E-state index contributed by atoms with van der Waals surface area (Å²) in [6.07, 6.45) is 0.488. The molecule has 1 N–H and O–H groups in total. The molecule has 0 aliphatic carbocycles. The van der Waals surface area contributed by atoms with Crippen molar-refractivity contribution in [2.75, 3.05) is 19.7 Å². The van der Waals surface area contributed by atoms with Crippen LogP contribution in [0.2, 0.25) is 0 Å². The first-order valence-electron chi connectivity index (χ1n) is 8.55. The van der Waals surface area contributed by atoms with Crippen LogP contribution in [0.1, 0.15) is 20.3 Å². The number of ether oxygens (including phenoxy) is 1. The Morgan fingerprint density at radius 3 is 2.56 bits per heavy atom. The van der Waals surface area contributed by atoms with Crippen LogP contribution in [0.15, 0.2) is 42.5 Å². The molecule has 5 heteroatoms. The number of carboxylic acids is 1. The summed E-state index contributed by atoms with van der Waals surface area (Å²) in [5.41, 5.74) is -0.849. The van der Waals surface area contributed by atoms with E-state index in [1.54, 1.807) is 4.90 Å². The molecule has 1 saturated heterocycles. The van der Waals surface area contributed by atoms with E-state index in [0.29, 0.717) is 18.7 Å². The van der Waals surface area contributed by atoms with Gasteiger partial charge in [0.05, 0.1) is 5.41 Å². The highest BCUT2D eigenvalue weighted by molar-refractivity contribution is 5.84. The fourth-order valence-electron chi connectivity index (χ4n) is 3.43. The number of hydrogen-bond donors (Lipinski definition) is 1. The van der Waals surface area contributed by atoms with Crippen LogP contribution in [0.3, 0.4) is 0 Å². The normalized spacial score (nSPS) is 20.2. The predicted molar refractivity (Wildman–Crippen MR) is 95.5 cm³/mol. The van der Waals surface area contributed by atoms with Crippen LogP contribution in [0, 0.1) is 11.3 Å². The quantitative estimate of drug-likeness (QED) is 0.907. The third-order valence-electron chi connectivity index (χ3n) is 5.27. The van der Waals surface area contributed by atoms with Gasteiger partial charge in [-0.05, 0) is 35.2 Å². The summed E-state index contributed by atoms with van der Waals surface area (Å²) in [5, 5.41) is 11.7. The van der Waals surface area contributed by atoms with Gasteiger partial charge < -0.3 is 14.7 Å². The Bertz CT molecular complexity index is 801. The van der Waals surface area contributed by atoms with Crippen molar-refractivity contribution in [1.29, 1.82) is 0 Å². The smallest absolute Gasteiger partial charge is 0.311 e. The van der Waals surface area contributed by atoms with E-state index in [1.165, 1.54) is 0 Å². The number of benzene rings is 2. The van der Waals surface area contributed by atoms with Gasteiger partial charge in [-0.15, -0.1) is 0 Å². The van der Waals surface area contributed by atoms with Crippen molar-refractivity contribution in [2.45, 2.75) is 20.3 Å². The largest absolute Gasteiger partial charge is 0.484 e. The molecule has 132 valence electrons. The lowest BCUT2D eigenvalue weighted by molar-refractivity contribution is -0.151. The van der Waals surface area contributed by atoms with Crippen molar-refractivity contribution in [3.05, 3.63) is 42.5 Å². The number of amides is 1. The molecule has 1 amide bonds. The number of likely N-dealkylation sites (tertiary alicyclic amines) is 1. The molecule has 1 fully saturated rings. The van der Waals surface area contributed by atoms with Gasteiger partial charge in [0.15, 0.2) is 6.61 Å². The first-order valence-corrected chi connectivity index (χ1v) is 8.55. The highest BCUT2D eigenvalue weighted by Gasteiger charge is 2.48. The van der Waals surface area contributed by atoms with Crippen LogP contribution in [-0.4, -0.2) is 41.6 Å². The van der Waals surface area contributed by atoms with Crippen molar-refractivity contribution in [2.24, 2.45) is 11.3 Å². The van der Waals surface area contributed by atoms with Gasteiger partial charge in [0.1, 0.15) is 5.75 Å². The fourth-order valence-corrected chi connectivity index (χ4v) is 3.43. The van der Waals surface area contributed by atoms with E-state index in [1.807, 2.05) is 56.3 Å². The molecule has 25 heavy (non-hydrogen) atoms. The summed E-state index contributed by atoms with van der Waals surface area (Å²) >= 11 is 0. The SMILES string of the molecule is CC(C)C1(C(=O)O)CCN(C(=O)COc2ccc3ccccc3c2)C1. The van der Waals surface area contributed by atoms with Gasteiger partial charge in [-0.2, -0.15) is 0 Å². The molecule has 2 aromatic rings. The minimum Gasteiger partial charge on any atom is -0.484 e. The molecule has 0 bridgehead atoms. The standard InChI is InChI=1S/C20H23NO4/c1-14(2)20(19(23)24)9-10-21(13-20)18(22)12-25-17-8-7-15-5-3-4-6-16(15)11-17/h3-8,11,14H,9-10,12-13H2,1-2H3,(H,23,24). The maximum atomic E-state index is 12.4. The van der Waals surface area contributed by atoms with Crippen LogP contribution in [0.25, 0.3) is 10.8 Å². The number of carboxylic acid groups (broad SMARTS) is 1. The van der Waals surface area contributed by atoms with E-state index < -0.39 is 11.4 Å². The van der Waals surface area contributed by atoms with Gasteiger partial charge in [0.25, 0.3) is 5.91 Å². The lowest BCUT2D eigenvalue weighted by Crippen LogP contribution is -2.41. The average Bonchev–Trinajstić information content (AvgIpc) is 3.06. The molecule has 0 radical (unpaired) electrons. The Kier molecular flexibility index (Phi) is 4.66. The molecule has 0 spiro atoms. The van der Waals surface area contributed by atoms with Crippen molar-refractivity contribution >= 4 is 22.6 Å². The van der Waals surface area contributed by atoms with Gasteiger partial charge in [-0.3, -0.25) is 9.59 Å². The molecule has 1 heterocycles. The second-order valence-corrected chi connectivity index (χ2v) is 6.98. The number of nitrogens with zero attached hydrogens (tertiary/aromatic N) is 1. The first kappa shape index (κ1) is 17.3. The van der Waals surface area contributed by atoms with Crippen LogP contribution >= 0.6 is 0 Å². The summed E-state index contributed by atoms with van der Waals surface area (Å²) in [6.45, 7) is 4.43. The van der Waals surface area contributed by atoms with E-state index in [-0.39, 0.29) is 25.0 Å². The highest BCUT2D eigenvalue weighted by atomic mass is 16.5. The highest BCUT2D eigenvalue weighted by Crippen LogP contribution is 2.38. The average molecular weight is 341 g/mol. The maximum absolute atomic E-state index is 12.4. The number of rotatable bonds is 5. The molecule has 3 rings (SSSR count). The number of aliphatic carboxylic acids is 1. The van der Waals surface area contributed by atoms with Crippen LogP contribution < -0.4 is 4.74 Å². The summed E-state index contributed by atoms with van der Waals surface area (Å²) in [6, 6.07) is 13.7. The number of hydrogen-bond acceptors (Lipinski definition) is 3. The molecule has 1 aliphatic heterocycles. The van der Waals surface area contributed by atoms with Crippen molar-refractivity contribution in [3.63, 3.8) is 0 Å². The summed E-state index contributed by atoms with van der Waals surface area (Å²) < 4.78 is 5.64. The Morgan fingerprint density at radius 2 is 1.92 bits per heavy atom. The molecule has 2 aromatic carbocycles. The third-order valence-corrected chi connectivity index (χ3v) is 5.27. The van der Waals surface area contributed by atoms with E-state index in [0.717, 1.165) is 10.8 Å². The molecular formula is C20H23NO4. The third kappa shape index (κ3) is 3.31. The van der Waals surface area contributed by atoms with E-state index in [2.05, 4.69) is 0 Å². The van der Waals surface area contributed by atoms with Crippen LogP contribution in [-0.2, 0) is 9.59 Å². The van der Waals surface area contributed by atoms with Crippen molar-refractivity contribution < 1.29 is 19.4 Å². The van der Waals surface area contributed by atoms with Crippen LogP contribution in [0.4, 0.5) is 0 Å². The lowest BCUT2D eigenvalue weighted by atomic mass is 9.76. The summed E-state index contributed by atoms with van der Waals surface area (Å²) in [4.78, 5) is 25.7. The van der Waals surface area contributed by atoms with Gasteiger partial charge in [-0.1, -0.05) is 44.2 Å². The van der Waals surface area contributed by atoms with Gasteiger partial charge in [0, 0.05) is 13.1 Å². The maximum Gasteiger partial charge on any atom is 0.311 e. The molecule has 0 saturated carbocycles. The molecule has 5 nitrogen and oxygen atoms in total. The summed E-state index contributed by atoms with van der Waals surface area (Å²) in [5.74, 6) is -0.381. The van der Waals surface area contributed by atoms with E-state index >= 15 is 0 Å². The van der Waals surface area contributed by atoms with E-state index in [9.17, 15) is 14.7 Å². The Balaban J connectivity index is 1.63. The van der Waals surface area contributed by atoms with Crippen molar-refractivity contribution in [1.82, 2.24) is 4.90 Å². The Hall–Kier alpha value is -2.56. The Morgan fingerprint density at radius 1 is 1.20 bits per heavy atom. The Labute approximate surface area is 147 Å². The second-order valence-electron chi connectivity index (χ2n) is 6.98. The molecule has 0 aromatic heterocycles.